The third-order valence-corrected chi connectivity index (χ3v) is 14.2. The van der Waals surface area contributed by atoms with Gasteiger partial charge in [-0.25, -0.2) is 4.98 Å². The summed E-state index contributed by atoms with van der Waals surface area (Å²) in [5, 5.41) is 10.1. The third kappa shape index (κ3) is 4.63. The van der Waals surface area contributed by atoms with E-state index in [-0.39, 0.29) is 0 Å². The van der Waals surface area contributed by atoms with Gasteiger partial charge in [0.15, 0.2) is 0 Å². The van der Waals surface area contributed by atoms with Gasteiger partial charge in [0.05, 0.1) is 27.8 Å². The molecule has 0 aliphatic heterocycles. The zero-order valence-electron chi connectivity index (χ0n) is 31.1. The number of hydrogen-bond donors (Lipinski definition) is 0. The summed E-state index contributed by atoms with van der Waals surface area (Å²) in [5.41, 5.74) is 10.2. The van der Waals surface area contributed by atoms with Crippen LogP contribution in [0.1, 0.15) is 0 Å². The largest absolute Gasteiger partial charge is 0.307 e. The topological polar surface area (TPSA) is 22.8 Å². The highest BCUT2D eigenvalue weighted by atomic mass is 32.1. The number of aromatic nitrogens is 3. The summed E-state index contributed by atoms with van der Waals surface area (Å²) in [6, 6.07) is 68.9. The van der Waals surface area contributed by atoms with Crippen molar-refractivity contribution in [2.24, 2.45) is 0 Å². The Kier molecular flexibility index (Phi) is 6.76. The van der Waals surface area contributed by atoms with Crippen LogP contribution in [0.4, 0.5) is 0 Å². The van der Waals surface area contributed by atoms with E-state index in [0.29, 0.717) is 0 Å². The predicted molar refractivity (Wildman–Crippen MR) is 250 cm³/mol. The third-order valence-electron chi connectivity index (χ3n) is 11.9. The van der Waals surface area contributed by atoms with Gasteiger partial charge in [-0.15, -0.1) is 22.7 Å². The van der Waals surface area contributed by atoms with Crippen molar-refractivity contribution in [2.45, 2.75) is 0 Å². The Morgan fingerprint density at radius 3 is 1.53 bits per heavy atom. The molecule has 0 radical (unpaired) electrons. The number of hydrogen-bond acceptors (Lipinski definition) is 3. The second-order valence-electron chi connectivity index (χ2n) is 15.1. The van der Waals surface area contributed by atoms with Crippen LogP contribution in [-0.4, -0.2) is 14.1 Å². The summed E-state index contributed by atoms with van der Waals surface area (Å²) >= 11 is 3.71. The molecule has 13 rings (SSSR count). The van der Waals surface area contributed by atoms with Crippen LogP contribution in [0.25, 0.3) is 118 Å². The van der Waals surface area contributed by atoms with E-state index < -0.39 is 0 Å². The number of nitrogens with zero attached hydrogens (tertiary/aromatic N) is 3. The minimum Gasteiger partial charge on any atom is -0.307 e. The van der Waals surface area contributed by atoms with E-state index in [1.54, 1.807) is 0 Å². The summed E-state index contributed by atoms with van der Waals surface area (Å²) in [6.45, 7) is 0. The van der Waals surface area contributed by atoms with Gasteiger partial charge >= 0.3 is 0 Å². The van der Waals surface area contributed by atoms with E-state index in [4.69, 9.17) is 4.98 Å². The van der Waals surface area contributed by atoms with Crippen LogP contribution in [0, 0.1) is 0 Å². The first-order valence-electron chi connectivity index (χ1n) is 19.6. The van der Waals surface area contributed by atoms with Gasteiger partial charge < -0.3 is 4.57 Å². The van der Waals surface area contributed by atoms with Crippen molar-refractivity contribution in [3.8, 4) is 33.9 Å². The van der Waals surface area contributed by atoms with E-state index in [9.17, 15) is 0 Å². The van der Waals surface area contributed by atoms with Gasteiger partial charge in [-0.3, -0.25) is 4.57 Å². The minimum absolute atomic E-state index is 0.897. The quantitative estimate of drug-likeness (QED) is 0.175. The van der Waals surface area contributed by atoms with Crippen LogP contribution < -0.4 is 0 Å². The maximum Gasteiger partial charge on any atom is 0.138 e. The molecule has 0 saturated heterocycles. The molecular formula is C53H31N3S2. The molecule has 0 atom stereocenters. The number of benzene rings is 8. The van der Waals surface area contributed by atoms with Crippen LogP contribution in [0.3, 0.4) is 0 Å². The highest BCUT2D eigenvalue weighted by Crippen LogP contribution is 2.43. The molecule has 13 aromatic rings. The molecule has 0 fully saturated rings. The number of pyridine rings is 1. The number of rotatable bonds is 4. The molecule has 3 nitrogen and oxygen atoms in total. The van der Waals surface area contributed by atoms with Crippen LogP contribution >= 0.6 is 22.7 Å². The van der Waals surface area contributed by atoms with Crippen molar-refractivity contribution in [3.63, 3.8) is 0 Å². The molecule has 0 unspecified atom stereocenters. The first-order chi connectivity index (χ1) is 28.7. The molecule has 5 heteroatoms. The maximum absolute atomic E-state index is 5.47. The monoisotopic (exact) mass is 773 g/mol. The molecule has 0 aliphatic carbocycles. The average Bonchev–Trinajstić information content (AvgIpc) is 4.04. The van der Waals surface area contributed by atoms with Gasteiger partial charge in [0.1, 0.15) is 5.82 Å². The Hall–Kier alpha value is -7.05. The summed E-state index contributed by atoms with van der Waals surface area (Å²) in [6.07, 6.45) is 0. The van der Waals surface area contributed by atoms with Crippen molar-refractivity contribution in [2.75, 3.05) is 0 Å². The molecule has 0 bridgehead atoms. The van der Waals surface area contributed by atoms with Crippen LogP contribution in [0.5, 0.6) is 0 Å². The van der Waals surface area contributed by atoms with E-state index in [1.165, 1.54) is 84.0 Å². The fraction of sp³-hybridized carbons (Fsp3) is 0. The van der Waals surface area contributed by atoms with Gasteiger partial charge in [-0.1, -0.05) is 115 Å². The highest BCUT2D eigenvalue weighted by molar-refractivity contribution is 7.26. The Bertz CT molecular complexity index is 3570. The number of para-hydroxylation sites is 2. The molecule has 58 heavy (non-hydrogen) atoms. The molecule has 5 aromatic heterocycles. The summed E-state index contributed by atoms with van der Waals surface area (Å²) in [4.78, 5) is 5.47. The Balaban J connectivity index is 1.06. The average molecular weight is 774 g/mol. The van der Waals surface area contributed by atoms with E-state index in [2.05, 4.69) is 197 Å². The lowest BCUT2D eigenvalue weighted by atomic mass is 10.0. The standard InChI is InChI=1S/C53H31N3S2/c1-5-18-45-36(13-1)40-25-26-41-37-14-2-6-19-46(37)56(51-22-10-17-44(54-51)34-24-28-50-43(31-34)39-16-4-8-21-48(39)58-50)53(41)52(40)55(45)35-12-9-11-32(29-35)33-23-27-49-42(30-33)38-15-3-7-20-47(38)57-49/h1-31H. The van der Waals surface area contributed by atoms with Gasteiger partial charge in [0.2, 0.25) is 0 Å². The first-order valence-corrected chi connectivity index (χ1v) is 21.2. The highest BCUT2D eigenvalue weighted by Gasteiger charge is 2.22. The van der Waals surface area contributed by atoms with Crippen molar-refractivity contribution in [3.05, 3.63) is 188 Å². The van der Waals surface area contributed by atoms with Crippen LogP contribution in [0.2, 0.25) is 0 Å². The van der Waals surface area contributed by atoms with Gasteiger partial charge in [0, 0.05) is 73.1 Å². The smallest absolute Gasteiger partial charge is 0.138 e. The van der Waals surface area contributed by atoms with Gasteiger partial charge in [0.25, 0.3) is 0 Å². The Morgan fingerprint density at radius 2 is 0.845 bits per heavy atom. The molecule has 0 saturated carbocycles. The molecule has 5 heterocycles. The second kappa shape index (κ2) is 12.2. The fourth-order valence-corrected chi connectivity index (χ4v) is 11.5. The molecule has 270 valence electrons. The van der Waals surface area contributed by atoms with Crippen molar-refractivity contribution >= 4 is 107 Å². The molecular weight excluding hydrogens is 743 g/mol. The predicted octanol–water partition coefficient (Wildman–Crippen LogP) is 15.3. The minimum atomic E-state index is 0.897. The van der Waals surface area contributed by atoms with Crippen molar-refractivity contribution in [1.82, 2.24) is 14.1 Å². The van der Waals surface area contributed by atoms with Crippen molar-refractivity contribution in [1.29, 1.82) is 0 Å². The normalized spacial score (nSPS) is 12.1. The lowest BCUT2D eigenvalue weighted by Crippen LogP contribution is -2.01. The van der Waals surface area contributed by atoms with E-state index >= 15 is 0 Å². The van der Waals surface area contributed by atoms with Crippen LogP contribution in [-0.2, 0) is 0 Å². The molecule has 0 spiro atoms. The molecule has 8 aromatic carbocycles. The lowest BCUT2D eigenvalue weighted by molar-refractivity contribution is 1.08. The van der Waals surface area contributed by atoms with Gasteiger partial charge in [-0.2, -0.15) is 0 Å². The van der Waals surface area contributed by atoms with Crippen molar-refractivity contribution < 1.29 is 0 Å². The molecule has 0 amide bonds. The Morgan fingerprint density at radius 1 is 0.328 bits per heavy atom. The fourth-order valence-electron chi connectivity index (χ4n) is 9.33. The molecule has 0 aliphatic rings. The summed E-state index contributed by atoms with van der Waals surface area (Å²) in [5.74, 6) is 0.897. The van der Waals surface area contributed by atoms with Crippen LogP contribution in [0.15, 0.2) is 188 Å². The van der Waals surface area contributed by atoms with E-state index in [1.807, 2.05) is 22.7 Å². The number of fused-ring (bicyclic) bond motifs is 13. The lowest BCUT2D eigenvalue weighted by Gasteiger charge is -2.14. The SMILES string of the molecule is c1cc(-c2ccc3sc4ccccc4c3c2)cc(-n2c3ccccc3c3ccc4c5ccccc5n(-c5cccc(-c6ccc7sc8ccccc8c7c6)n5)c4c32)c1. The zero-order valence-corrected chi connectivity index (χ0v) is 32.7. The number of thiophene rings is 2. The first kappa shape index (κ1) is 32.1. The zero-order chi connectivity index (χ0) is 37.9. The molecule has 0 N–H and O–H groups in total. The van der Waals surface area contributed by atoms with Gasteiger partial charge in [-0.05, 0) is 83.9 Å². The second-order valence-corrected chi connectivity index (χ2v) is 17.3. The summed E-state index contributed by atoms with van der Waals surface area (Å²) < 4.78 is 10.1. The van der Waals surface area contributed by atoms with E-state index in [0.717, 1.165) is 33.8 Å². The Labute approximate surface area is 340 Å². The maximum atomic E-state index is 5.47. The summed E-state index contributed by atoms with van der Waals surface area (Å²) in [7, 11) is 0.